The van der Waals surface area contributed by atoms with Gasteiger partial charge in [0.05, 0.1) is 13.2 Å². The van der Waals surface area contributed by atoms with E-state index in [4.69, 9.17) is 18.9 Å². The maximum absolute atomic E-state index is 13.4. The van der Waals surface area contributed by atoms with Gasteiger partial charge in [0.1, 0.15) is 17.9 Å². The first kappa shape index (κ1) is 29.9. The quantitative estimate of drug-likeness (QED) is 0.332. The predicted molar refractivity (Wildman–Crippen MR) is 140 cm³/mol. The first-order valence-corrected chi connectivity index (χ1v) is 12.8. The third-order valence-electron chi connectivity index (χ3n) is 6.16. The maximum Gasteiger partial charge on any atom is 0.329 e. The third-order valence-corrected chi connectivity index (χ3v) is 6.16. The highest BCUT2D eigenvalue weighted by atomic mass is 16.6. The highest BCUT2D eigenvalue weighted by Gasteiger charge is 2.35. The number of carbonyl (C=O) groups excluding carboxylic acids is 2. The largest absolute Gasteiger partial charge is 0.503 e. The van der Waals surface area contributed by atoms with Crippen molar-refractivity contribution in [1.29, 1.82) is 0 Å². The van der Waals surface area contributed by atoms with Crippen LogP contribution in [0.25, 0.3) is 0 Å². The fraction of sp³-hybridized carbons (Fsp3) is 0.536. The molecule has 0 radical (unpaired) electrons. The Morgan fingerprint density at radius 1 is 1.05 bits per heavy atom. The number of aromatic nitrogens is 1. The molecular weight excluding hydrogens is 476 g/mol. The number of benzene rings is 1. The minimum absolute atomic E-state index is 0.107. The monoisotopic (exact) mass is 516 g/mol. The number of nitrogens with zero attached hydrogens (tertiary/aromatic N) is 1. The van der Waals surface area contributed by atoms with Crippen molar-refractivity contribution in [3.8, 4) is 17.2 Å². The second-order valence-corrected chi connectivity index (χ2v) is 8.90. The van der Waals surface area contributed by atoms with E-state index in [-0.39, 0.29) is 23.5 Å². The number of carbonyl (C=O) groups is 2. The van der Waals surface area contributed by atoms with Crippen molar-refractivity contribution in [2.24, 2.45) is 5.92 Å². The molecule has 9 nitrogen and oxygen atoms in total. The first-order chi connectivity index (χ1) is 17.8. The number of rotatable bonds is 15. The minimum atomic E-state index is -0.971. The summed E-state index contributed by atoms with van der Waals surface area (Å²) in [5.41, 5.74) is -0.238. The summed E-state index contributed by atoms with van der Waals surface area (Å²) >= 11 is 0. The van der Waals surface area contributed by atoms with Crippen LogP contribution in [0.5, 0.6) is 17.2 Å². The molecule has 9 heteroatoms. The lowest BCUT2D eigenvalue weighted by Gasteiger charge is -2.33. The van der Waals surface area contributed by atoms with E-state index in [0.29, 0.717) is 25.2 Å². The summed E-state index contributed by atoms with van der Waals surface area (Å²) in [6.45, 7) is 10.1. The molecule has 2 aromatic rings. The Labute approximate surface area is 219 Å². The van der Waals surface area contributed by atoms with E-state index in [0.717, 1.165) is 6.42 Å². The molecule has 0 saturated carbocycles. The Balaban J connectivity index is 2.24. The van der Waals surface area contributed by atoms with E-state index < -0.39 is 35.9 Å². The number of methoxy groups -OCH3 is 1. The smallest absolute Gasteiger partial charge is 0.329 e. The van der Waals surface area contributed by atoms with Crippen molar-refractivity contribution >= 4 is 11.9 Å². The Kier molecular flexibility index (Phi) is 12.2. The van der Waals surface area contributed by atoms with Gasteiger partial charge in [0.25, 0.3) is 5.91 Å². The topological polar surface area (TPSA) is 116 Å². The van der Waals surface area contributed by atoms with Gasteiger partial charge in [0, 0.05) is 18.9 Å². The standard InChI is InChI=1S/C28H40N2O7/c1-7-17-35-21(9-3)26(37-20-13-11-10-12-14-20)19(5)36-28(33)23(18(4)8-2)30-27(32)24-25(31)22(34-6)15-16-29-24/h10-16,18-19,21,23,26,31H,7-9,17H2,1-6H3,(H,30,32)/t18-,19-,21-,23-,26-/m0/s1. The second-order valence-electron chi connectivity index (χ2n) is 8.90. The lowest BCUT2D eigenvalue weighted by molar-refractivity contribution is -0.162. The average molecular weight is 517 g/mol. The van der Waals surface area contributed by atoms with Gasteiger partial charge < -0.3 is 29.4 Å². The molecule has 0 unspecified atom stereocenters. The molecule has 0 aliphatic heterocycles. The Morgan fingerprint density at radius 2 is 1.76 bits per heavy atom. The number of aromatic hydroxyl groups is 1. The Bertz CT molecular complexity index is 986. The molecule has 0 aliphatic rings. The summed E-state index contributed by atoms with van der Waals surface area (Å²) in [5, 5.41) is 13.0. The van der Waals surface area contributed by atoms with Gasteiger partial charge in [0.2, 0.25) is 0 Å². The van der Waals surface area contributed by atoms with E-state index in [1.807, 2.05) is 58.0 Å². The van der Waals surface area contributed by atoms with Crippen LogP contribution < -0.4 is 14.8 Å². The van der Waals surface area contributed by atoms with E-state index in [9.17, 15) is 14.7 Å². The van der Waals surface area contributed by atoms with E-state index >= 15 is 0 Å². The SMILES string of the molecule is CCCO[C@@H](CC)[C@@H](Oc1ccccc1)[C@H](C)OC(=O)[C@@H](NC(=O)c1nccc(OC)c1O)[C@@H](C)CC. The highest BCUT2D eigenvalue weighted by molar-refractivity contribution is 5.98. The molecule has 0 aliphatic carbocycles. The summed E-state index contributed by atoms with van der Waals surface area (Å²) < 4.78 is 23.2. The van der Waals surface area contributed by atoms with Crippen LogP contribution >= 0.6 is 0 Å². The lowest BCUT2D eigenvalue weighted by atomic mass is 9.98. The van der Waals surface area contributed by atoms with Gasteiger partial charge in [-0.3, -0.25) is 4.79 Å². The molecule has 0 spiro atoms. The molecule has 0 fully saturated rings. The van der Waals surface area contributed by atoms with Crippen molar-refractivity contribution in [3.63, 3.8) is 0 Å². The summed E-state index contributed by atoms with van der Waals surface area (Å²) in [4.78, 5) is 30.3. The van der Waals surface area contributed by atoms with Crippen LogP contribution in [0, 0.1) is 5.92 Å². The molecule has 1 aromatic carbocycles. The third kappa shape index (κ3) is 8.35. The maximum atomic E-state index is 13.4. The van der Waals surface area contributed by atoms with Gasteiger partial charge in [-0.05, 0) is 37.8 Å². The van der Waals surface area contributed by atoms with Crippen LogP contribution in [0.3, 0.4) is 0 Å². The van der Waals surface area contributed by atoms with Crippen LogP contribution in [0.2, 0.25) is 0 Å². The van der Waals surface area contributed by atoms with Crippen molar-refractivity contribution in [1.82, 2.24) is 10.3 Å². The summed E-state index contributed by atoms with van der Waals surface area (Å²) in [7, 11) is 1.37. The number of hydrogen-bond donors (Lipinski definition) is 2. The molecule has 1 amide bonds. The van der Waals surface area contributed by atoms with E-state index in [1.54, 1.807) is 6.92 Å². The van der Waals surface area contributed by atoms with Crippen molar-refractivity contribution in [3.05, 3.63) is 48.3 Å². The van der Waals surface area contributed by atoms with Crippen LogP contribution in [-0.2, 0) is 14.3 Å². The first-order valence-electron chi connectivity index (χ1n) is 12.8. The zero-order valence-corrected chi connectivity index (χ0v) is 22.6. The molecule has 5 atom stereocenters. The summed E-state index contributed by atoms with van der Waals surface area (Å²) in [5.74, 6) is -1.22. The van der Waals surface area contributed by atoms with Gasteiger partial charge in [-0.25, -0.2) is 9.78 Å². The normalized spacial score (nSPS) is 15.1. The molecule has 2 N–H and O–H groups in total. The Morgan fingerprint density at radius 3 is 2.35 bits per heavy atom. The number of nitrogens with one attached hydrogen (secondary N) is 1. The number of hydrogen-bond acceptors (Lipinski definition) is 8. The number of ether oxygens (including phenoxy) is 4. The molecule has 1 aromatic heterocycles. The fourth-order valence-electron chi connectivity index (χ4n) is 3.81. The average Bonchev–Trinajstić information content (AvgIpc) is 2.91. The highest BCUT2D eigenvalue weighted by Crippen LogP contribution is 2.28. The van der Waals surface area contributed by atoms with Gasteiger partial charge in [-0.15, -0.1) is 0 Å². The number of pyridine rings is 1. The number of para-hydroxylation sites is 1. The molecule has 1 heterocycles. The van der Waals surface area contributed by atoms with Gasteiger partial charge >= 0.3 is 5.97 Å². The zero-order chi connectivity index (χ0) is 27.4. The molecule has 0 saturated heterocycles. The lowest BCUT2D eigenvalue weighted by Crippen LogP contribution is -2.50. The number of esters is 1. The van der Waals surface area contributed by atoms with Crippen molar-refractivity contribution < 1.29 is 33.6 Å². The molecule has 0 bridgehead atoms. The van der Waals surface area contributed by atoms with Crippen molar-refractivity contribution in [2.75, 3.05) is 13.7 Å². The Hall–Kier alpha value is -3.33. The minimum Gasteiger partial charge on any atom is -0.503 e. The predicted octanol–water partition coefficient (Wildman–Crippen LogP) is 4.52. The summed E-state index contributed by atoms with van der Waals surface area (Å²) in [6, 6.07) is 9.77. The summed E-state index contributed by atoms with van der Waals surface area (Å²) in [6.07, 6.45) is 1.90. The van der Waals surface area contributed by atoms with Crippen LogP contribution in [-0.4, -0.2) is 60.0 Å². The van der Waals surface area contributed by atoms with Crippen LogP contribution in [0.4, 0.5) is 0 Å². The fourth-order valence-corrected chi connectivity index (χ4v) is 3.81. The van der Waals surface area contributed by atoms with E-state index in [2.05, 4.69) is 10.3 Å². The van der Waals surface area contributed by atoms with Gasteiger partial charge in [-0.2, -0.15) is 0 Å². The van der Waals surface area contributed by atoms with Crippen molar-refractivity contribution in [2.45, 2.75) is 78.2 Å². The van der Waals surface area contributed by atoms with E-state index in [1.165, 1.54) is 19.4 Å². The van der Waals surface area contributed by atoms with Crippen LogP contribution in [0.1, 0.15) is 64.4 Å². The molecule has 2 rings (SSSR count). The molecule has 204 valence electrons. The number of amides is 1. The second kappa shape index (κ2) is 15.0. The van der Waals surface area contributed by atoms with Crippen LogP contribution in [0.15, 0.2) is 42.6 Å². The molecule has 37 heavy (non-hydrogen) atoms. The van der Waals surface area contributed by atoms with Gasteiger partial charge in [0.15, 0.2) is 23.3 Å². The molecular formula is C28H40N2O7. The van der Waals surface area contributed by atoms with Gasteiger partial charge in [-0.1, -0.05) is 52.3 Å². The zero-order valence-electron chi connectivity index (χ0n) is 22.6.